The fraction of sp³-hybridized carbons (Fsp3) is 0.182. The lowest BCUT2D eigenvalue weighted by Crippen LogP contribution is -2.30. The van der Waals surface area contributed by atoms with Crippen molar-refractivity contribution in [1.82, 2.24) is 4.31 Å². The van der Waals surface area contributed by atoms with Crippen molar-refractivity contribution in [3.05, 3.63) is 137 Å². The van der Waals surface area contributed by atoms with Gasteiger partial charge in [0, 0.05) is 13.1 Å². The van der Waals surface area contributed by atoms with Crippen LogP contribution in [0.5, 0.6) is 11.5 Å². The Morgan fingerprint density at radius 3 is 1.75 bits per heavy atom. The van der Waals surface area contributed by atoms with Crippen LogP contribution in [-0.2, 0) is 29.5 Å². The van der Waals surface area contributed by atoms with Crippen LogP contribution < -0.4 is 9.47 Å². The van der Waals surface area contributed by atoms with Crippen LogP contribution in [0.25, 0.3) is 0 Å². The molecule has 0 unspecified atom stereocenters. The molecular formula is C33H32N2O4S. The second-order valence-corrected chi connectivity index (χ2v) is 11.5. The lowest BCUT2D eigenvalue weighted by molar-refractivity contribution is 0.397. The lowest BCUT2D eigenvalue weighted by Gasteiger charge is -2.23. The Balaban J connectivity index is 1.37. The van der Waals surface area contributed by atoms with Crippen LogP contribution >= 0.6 is 0 Å². The number of nitrogens with zero attached hydrogens (tertiary/aromatic N) is 2. The van der Waals surface area contributed by atoms with E-state index in [1.54, 1.807) is 26.4 Å². The van der Waals surface area contributed by atoms with Crippen molar-refractivity contribution in [2.45, 2.75) is 24.4 Å². The number of methoxy groups -OCH3 is 2. The van der Waals surface area contributed by atoms with E-state index in [9.17, 15) is 8.42 Å². The molecule has 5 rings (SSSR count). The first-order valence-corrected chi connectivity index (χ1v) is 14.5. The molecule has 204 valence electrons. The molecule has 40 heavy (non-hydrogen) atoms. The molecule has 0 bridgehead atoms. The number of hydrogen-bond acceptors (Lipinski definition) is 5. The highest BCUT2D eigenvalue weighted by Crippen LogP contribution is 2.25. The normalized spacial score (nSPS) is 13.2. The zero-order valence-electron chi connectivity index (χ0n) is 22.7. The summed E-state index contributed by atoms with van der Waals surface area (Å²) in [7, 11) is -0.577. The van der Waals surface area contributed by atoms with Crippen LogP contribution in [0.4, 0.5) is 0 Å². The maximum atomic E-state index is 13.9. The molecule has 0 fully saturated rings. The van der Waals surface area contributed by atoms with E-state index in [0.717, 1.165) is 45.0 Å². The molecule has 6 nitrogen and oxygen atoms in total. The molecule has 1 heterocycles. The molecule has 0 saturated heterocycles. The summed E-state index contributed by atoms with van der Waals surface area (Å²) in [6.07, 6.45) is 2.83. The lowest BCUT2D eigenvalue weighted by atomic mass is 9.97. The van der Waals surface area contributed by atoms with E-state index in [4.69, 9.17) is 9.47 Å². The van der Waals surface area contributed by atoms with Crippen LogP contribution in [0, 0.1) is 0 Å². The average molecular weight is 553 g/mol. The molecule has 0 aromatic heterocycles. The molecule has 0 N–H and O–H groups in total. The van der Waals surface area contributed by atoms with Crippen molar-refractivity contribution in [3.63, 3.8) is 0 Å². The van der Waals surface area contributed by atoms with Gasteiger partial charge >= 0.3 is 0 Å². The van der Waals surface area contributed by atoms with Gasteiger partial charge in [-0.1, -0.05) is 72.8 Å². The third-order valence-corrected chi connectivity index (χ3v) is 8.74. The van der Waals surface area contributed by atoms with E-state index in [1.165, 1.54) is 4.31 Å². The topological polar surface area (TPSA) is 68.2 Å². The largest absolute Gasteiger partial charge is 0.497 e. The van der Waals surface area contributed by atoms with Gasteiger partial charge in [-0.2, -0.15) is 4.31 Å². The Kier molecular flexibility index (Phi) is 8.43. The highest BCUT2D eigenvalue weighted by atomic mass is 32.2. The van der Waals surface area contributed by atoms with Crippen LogP contribution in [0.1, 0.15) is 22.3 Å². The Hall–Kier alpha value is -4.20. The first kappa shape index (κ1) is 27.4. The van der Waals surface area contributed by atoms with E-state index in [-0.39, 0.29) is 18.0 Å². The molecule has 0 amide bonds. The summed E-state index contributed by atoms with van der Waals surface area (Å²) in [5, 5.41) is 0. The van der Waals surface area contributed by atoms with Gasteiger partial charge in [0.2, 0.25) is 10.0 Å². The van der Waals surface area contributed by atoms with Crippen LogP contribution in [-0.4, -0.2) is 39.2 Å². The van der Waals surface area contributed by atoms with E-state index in [1.807, 2.05) is 78.9 Å². The maximum absolute atomic E-state index is 13.9. The number of rotatable bonds is 11. The maximum Gasteiger partial charge on any atom is 0.243 e. The van der Waals surface area contributed by atoms with Gasteiger partial charge in [-0.3, -0.25) is 4.99 Å². The first-order valence-electron chi connectivity index (χ1n) is 13.1. The molecule has 0 spiro atoms. The van der Waals surface area contributed by atoms with Crippen LogP contribution in [0.3, 0.4) is 0 Å². The Morgan fingerprint density at radius 1 is 0.700 bits per heavy atom. The van der Waals surface area contributed by atoms with Crippen molar-refractivity contribution in [1.29, 1.82) is 0 Å². The van der Waals surface area contributed by atoms with E-state index < -0.39 is 10.0 Å². The number of aliphatic imine (C=N–C) groups is 1. The summed E-state index contributed by atoms with van der Waals surface area (Å²) in [5.41, 5.74) is 6.03. The van der Waals surface area contributed by atoms with Gasteiger partial charge in [0.05, 0.1) is 31.4 Å². The minimum Gasteiger partial charge on any atom is -0.497 e. The molecule has 0 aliphatic carbocycles. The smallest absolute Gasteiger partial charge is 0.243 e. The highest BCUT2D eigenvalue weighted by molar-refractivity contribution is 7.89. The van der Waals surface area contributed by atoms with E-state index in [0.29, 0.717) is 13.0 Å². The van der Waals surface area contributed by atoms with E-state index in [2.05, 4.69) is 23.2 Å². The third kappa shape index (κ3) is 6.33. The van der Waals surface area contributed by atoms with E-state index >= 15 is 0 Å². The quantitative estimate of drug-likeness (QED) is 0.227. The van der Waals surface area contributed by atoms with Gasteiger partial charge in [0.25, 0.3) is 0 Å². The SMILES string of the molecule is COc1ccc(CN(Cc2ccc(OC)cc2)S(=O)(=O)c2ccc(CC3=CCN=C3c3ccccc3)cc2)cc1. The second-order valence-electron chi connectivity index (χ2n) is 9.57. The standard InChI is InChI=1S/C33H32N2O4S/c1-38-30-14-8-26(9-15-30)23-35(24-27-10-16-31(39-2)17-11-27)40(36,37)32-18-12-25(13-19-32)22-29-20-21-34-33(29)28-6-4-3-5-7-28/h3-20H,21-24H2,1-2H3. The van der Waals surface area contributed by atoms with Crippen molar-refractivity contribution in [2.75, 3.05) is 20.8 Å². The first-order chi connectivity index (χ1) is 19.5. The second kappa shape index (κ2) is 12.3. The Bertz CT molecular complexity index is 1540. The van der Waals surface area contributed by atoms with Crippen molar-refractivity contribution < 1.29 is 17.9 Å². The van der Waals surface area contributed by atoms with Gasteiger partial charge < -0.3 is 9.47 Å². The third-order valence-electron chi connectivity index (χ3n) is 6.93. The summed E-state index contributed by atoms with van der Waals surface area (Å²) in [6, 6.07) is 32.3. The molecule has 4 aromatic rings. The molecule has 4 aromatic carbocycles. The predicted molar refractivity (Wildman–Crippen MR) is 158 cm³/mol. The summed E-state index contributed by atoms with van der Waals surface area (Å²) >= 11 is 0. The van der Waals surface area contributed by atoms with Gasteiger partial charge in [-0.05, 0) is 70.6 Å². The fourth-order valence-electron chi connectivity index (χ4n) is 4.72. The van der Waals surface area contributed by atoms with Crippen molar-refractivity contribution >= 4 is 15.7 Å². The predicted octanol–water partition coefficient (Wildman–Crippen LogP) is 6.07. The monoisotopic (exact) mass is 552 g/mol. The molecule has 0 saturated carbocycles. The summed E-state index contributed by atoms with van der Waals surface area (Å²) in [6.45, 7) is 1.12. The van der Waals surface area contributed by atoms with Crippen LogP contribution in [0.2, 0.25) is 0 Å². The fourth-order valence-corrected chi connectivity index (χ4v) is 6.13. The number of hydrogen-bond donors (Lipinski definition) is 0. The molecule has 1 aliphatic rings. The summed E-state index contributed by atoms with van der Waals surface area (Å²) in [5.74, 6) is 1.45. The van der Waals surface area contributed by atoms with Gasteiger partial charge in [-0.15, -0.1) is 0 Å². The number of benzene rings is 4. The summed E-state index contributed by atoms with van der Waals surface area (Å²) < 4.78 is 39.9. The minimum atomic E-state index is -3.79. The molecule has 7 heteroatoms. The van der Waals surface area contributed by atoms with Gasteiger partial charge in [0.15, 0.2) is 0 Å². The molecule has 1 aliphatic heterocycles. The number of ether oxygens (including phenoxy) is 2. The molecular weight excluding hydrogens is 520 g/mol. The number of sulfonamides is 1. The molecule has 0 atom stereocenters. The minimum absolute atomic E-state index is 0.226. The van der Waals surface area contributed by atoms with Crippen molar-refractivity contribution in [3.8, 4) is 11.5 Å². The van der Waals surface area contributed by atoms with Gasteiger partial charge in [-0.25, -0.2) is 8.42 Å². The average Bonchev–Trinajstić information content (AvgIpc) is 3.46. The summed E-state index contributed by atoms with van der Waals surface area (Å²) in [4.78, 5) is 4.93. The van der Waals surface area contributed by atoms with Crippen LogP contribution in [0.15, 0.2) is 125 Å². The highest BCUT2D eigenvalue weighted by Gasteiger charge is 2.25. The Morgan fingerprint density at radius 2 is 1.23 bits per heavy atom. The Labute approximate surface area is 236 Å². The van der Waals surface area contributed by atoms with Gasteiger partial charge in [0.1, 0.15) is 11.5 Å². The molecule has 0 radical (unpaired) electrons. The number of allylic oxidation sites excluding steroid dienone is 1. The zero-order chi connectivity index (χ0) is 28.0. The zero-order valence-corrected chi connectivity index (χ0v) is 23.5. The van der Waals surface area contributed by atoms with Crippen molar-refractivity contribution in [2.24, 2.45) is 4.99 Å².